The van der Waals surface area contributed by atoms with Gasteiger partial charge in [-0.25, -0.2) is 4.79 Å². The molecule has 0 radical (unpaired) electrons. The average Bonchev–Trinajstić information content (AvgIpc) is 3.53. The molecule has 0 aromatic heterocycles. The summed E-state index contributed by atoms with van der Waals surface area (Å²) in [4.78, 5) is 29.1. The minimum absolute atomic E-state index is 0.0103. The van der Waals surface area contributed by atoms with E-state index in [0.29, 0.717) is 16.7 Å². The second kappa shape index (κ2) is 10.3. The van der Waals surface area contributed by atoms with Gasteiger partial charge in [0.1, 0.15) is 23.9 Å². The lowest BCUT2D eigenvalue weighted by Gasteiger charge is -2.64. The molecule has 0 amide bonds. The van der Waals surface area contributed by atoms with Crippen molar-refractivity contribution in [2.75, 3.05) is 6.61 Å². The first-order valence-electron chi connectivity index (χ1n) is 16.9. The zero-order chi connectivity index (χ0) is 33.2. The lowest BCUT2D eigenvalue weighted by molar-refractivity contribution is -0.434. The standard InChI is InChI=1S/C35H48O10Si/c1-9-46(10-2,11-3)44-22-17-21(36)34-18-40-33(8,45-34)43-29-26(34)32(22,7)27(38)25-23-19(4)24(37)28(35(23,29)31(5,6)42-25)41-30(39)20-15-13-12-14-16-20/h12-16,21-22,24-26,28-29,36-37H,9-11,17-18H2,1-8H3/t21-,22-,24+,25+,26-,28-,29-,32+,33?,34-,35+/m0/s1. The zero-order valence-electron chi connectivity index (χ0n) is 28.1. The largest absolute Gasteiger partial charge is 0.454 e. The molecule has 3 saturated heterocycles. The highest BCUT2D eigenvalue weighted by Crippen LogP contribution is 2.73. The molecule has 7 rings (SSSR count). The number of carbonyl (C=O) groups is 2. The third-order valence-corrected chi connectivity index (χ3v) is 17.6. The molecule has 46 heavy (non-hydrogen) atoms. The summed E-state index contributed by atoms with van der Waals surface area (Å²) in [6.45, 7) is 15.5. The number of Topliss-reactive ketones (excluding diaryl/α,β-unsaturated/α-hetero) is 1. The highest BCUT2D eigenvalue weighted by molar-refractivity contribution is 6.73. The number of aliphatic hydroxyl groups excluding tert-OH is 2. The maximum absolute atomic E-state index is 15.4. The lowest BCUT2D eigenvalue weighted by atomic mass is 9.50. The maximum Gasteiger partial charge on any atom is 0.338 e. The van der Waals surface area contributed by atoms with Crippen molar-refractivity contribution in [2.24, 2.45) is 16.7 Å². The van der Waals surface area contributed by atoms with Gasteiger partial charge in [0.05, 0.1) is 46.9 Å². The highest BCUT2D eigenvalue weighted by atomic mass is 28.4. The van der Waals surface area contributed by atoms with Crippen molar-refractivity contribution in [1.82, 2.24) is 0 Å². The second-order valence-electron chi connectivity index (χ2n) is 15.1. The van der Waals surface area contributed by atoms with Crippen LogP contribution in [0.25, 0.3) is 0 Å². The third kappa shape index (κ3) is 3.83. The van der Waals surface area contributed by atoms with E-state index in [1.165, 1.54) is 0 Å². The van der Waals surface area contributed by atoms with Gasteiger partial charge in [0, 0.05) is 19.3 Å². The highest BCUT2D eigenvalue weighted by Gasteiger charge is 2.85. The number of ketones is 1. The van der Waals surface area contributed by atoms with Gasteiger partial charge < -0.3 is 38.3 Å². The number of ether oxygens (including phenoxy) is 5. The van der Waals surface area contributed by atoms with Gasteiger partial charge >= 0.3 is 5.97 Å². The first-order chi connectivity index (χ1) is 21.6. The Morgan fingerprint density at radius 3 is 2.30 bits per heavy atom. The Bertz CT molecular complexity index is 1470. The average molecular weight is 657 g/mol. The molecule has 11 atom stereocenters. The van der Waals surface area contributed by atoms with Crippen molar-refractivity contribution < 1.29 is 47.9 Å². The summed E-state index contributed by atoms with van der Waals surface area (Å²) in [6, 6.07) is 11.2. The van der Waals surface area contributed by atoms with Crippen LogP contribution in [0.4, 0.5) is 0 Å². The molecule has 11 heteroatoms. The van der Waals surface area contributed by atoms with Crippen molar-refractivity contribution in [2.45, 2.75) is 134 Å². The monoisotopic (exact) mass is 656 g/mol. The van der Waals surface area contributed by atoms with Gasteiger partial charge in [0.15, 0.2) is 14.1 Å². The number of hydrogen-bond acceptors (Lipinski definition) is 10. The first-order valence-corrected chi connectivity index (χ1v) is 19.4. The number of fused-ring (bicyclic) bond motifs is 1. The molecule has 252 valence electrons. The van der Waals surface area contributed by atoms with Gasteiger partial charge in [-0.15, -0.1) is 0 Å². The quantitative estimate of drug-likeness (QED) is 0.249. The Hall–Kier alpha value is -1.96. The first kappa shape index (κ1) is 32.6. The van der Waals surface area contributed by atoms with Crippen molar-refractivity contribution in [3.05, 3.63) is 47.0 Å². The normalized spacial score (nSPS) is 45.3. The second-order valence-corrected chi connectivity index (χ2v) is 19.8. The minimum atomic E-state index is -2.29. The van der Waals surface area contributed by atoms with Gasteiger partial charge in [-0.1, -0.05) is 39.0 Å². The van der Waals surface area contributed by atoms with Gasteiger partial charge in [0.2, 0.25) is 0 Å². The Labute approximate surface area is 271 Å². The van der Waals surface area contributed by atoms with Crippen LogP contribution in [-0.4, -0.2) is 90.7 Å². The van der Waals surface area contributed by atoms with Crippen LogP contribution < -0.4 is 0 Å². The molecule has 10 nitrogen and oxygen atoms in total. The Kier molecular flexibility index (Phi) is 7.28. The van der Waals surface area contributed by atoms with Crippen LogP contribution in [0, 0.1) is 16.7 Å². The summed E-state index contributed by atoms with van der Waals surface area (Å²) >= 11 is 0. The van der Waals surface area contributed by atoms with E-state index in [9.17, 15) is 15.0 Å². The number of esters is 1. The van der Waals surface area contributed by atoms with Crippen LogP contribution in [0.1, 0.15) is 72.2 Å². The van der Waals surface area contributed by atoms with Crippen LogP contribution in [0.2, 0.25) is 18.1 Å². The predicted octanol–water partition coefficient (Wildman–Crippen LogP) is 4.29. The van der Waals surface area contributed by atoms with Crippen molar-refractivity contribution in [3.63, 3.8) is 0 Å². The summed E-state index contributed by atoms with van der Waals surface area (Å²) in [5, 5.41) is 24.1. The van der Waals surface area contributed by atoms with E-state index in [0.717, 1.165) is 18.1 Å². The molecule has 2 N–H and O–H groups in total. The molecule has 3 aliphatic heterocycles. The molecule has 6 aliphatic rings. The fourth-order valence-corrected chi connectivity index (χ4v) is 13.2. The van der Waals surface area contributed by atoms with Crippen molar-refractivity contribution >= 4 is 20.1 Å². The molecular formula is C35H48O10Si. The van der Waals surface area contributed by atoms with Gasteiger partial charge in [-0.2, -0.15) is 0 Å². The SMILES string of the molecule is CC[Si](CC)(CC)O[C@H]1C[C@H](O)[C@@]23COC(C)(O[C@H]4[C@H]2[C@]1(C)C(=O)[C@@H]1OC(C)(C)[C@@]42C1=C(C)[C@@H](O)[C@@H]2OC(=O)c1ccccc1)O3. The van der Waals surface area contributed by atoms with Crippen LogP contribution in [0.3, 0.4) is 0 Å². The molecule has 1 unspecified atom stereocenters. The number of aliphatic hydroxyl groups is 2. The van der Waals surface area contributed by atoms with Crippen molar-refractivity contribution in [1.29, 1.82) is 0 Å². The topological polar surface area (TPSA) is 130 Å². The van der Waals surface area contributed by atoms with E-state index in [-0.39, 0.29) is 18.8 Å². The summed E-state index contributed by atoms with van der Waals surface area (Å²) in [7, 11) is -2.29. The minimum Gasteiger partial charge on any atom is -0.454 e. The predicted molar refractivity (Wildman–Crippen MR) is 168 cm³/mol. The zero-order valence-corrected chi connectivity index (χ0v) is 29.1. The van der Waals surface area contributed by atoms with Gasteiger partial charge in [-0.3, -0.25) is 4.79 Å². The molecule has 3 heterocycles. The molecular weight excluding hydrogens is 608 g/mol. The molecule has 4 bridgehead atoms. The molecule has 1 aromatic rings. The van der Waals surface area contributed by atoms with Crippen molar-refractivity contribution in [3.8, 4) is 0 Å². The van der Waals surface area contributed by atoms with Crippen LogP contribution >= 0.6 is 0 Å². The van der Waals surface area contributed by atoms with Crippen LogP contribution in [0.15, 0.2) is 41.5 Å². The number of rotatable bonds is 7. The summed E-state index contributed by atoms with van der Waals surface area (Å²) in [5.41, 5.74) is -3.59. The van der Waals surface area contributed by atoms with E-state index in [2.05, 4.69) is 20.8 Å². The maximum atomic E-state index is 15.4. The van der Waals surface area contributed by atoms with Crippen LogP contribution in [-0.2, 0) is 32.9 Å². The molecule has 1 aromatic carbocycles. The summed E-state index contributed by atoms with van der Waals surface area (Å²) in [5.74, 6) is -3.14. The molecule has 3 aliphatic carbocycles. The number of hydrogen-bond donors (Lipinski definition) is 2. The molecule has 1 spiro atoms. The smallest absolute Gasteiger partial charge is 0.338 e. The van der Waals surface area contributed by atoms with Gasteiger partial charge in [-0.05, 0) is 69.1 Å². The lowest BCUT2D eigenvalue weighted by Crippen LogP contribution is -2.77. The van der Waals surface area contributed by atoms with Crippen LogP contribution in [0.5, 0.6) is 0 Å². The summed E-state index contributed by atoms with van der Waals surface area (Å²) in [6.07, 6.45) is -5.84. The summed E-state index contributed by atoms with van der Waals surface area (Å²) < 4.78 is 40.0. The number of carbonyl (C=O) groups excluding carboxylic acids is 2. The molecule has 2 saturated carbocycles. The fourth-order valence-electron chi connectivity index (χ4n) is 10.3. The third-order valence-electron chi connectivity index (χ3n) is 12.9. The Morgan fingerprint density at radius 2 is 1.67 bits per heavy atom. The molecule has 5 fully saturated rings. The van der Waals surface area contributed by atoms with E-state index in [1.54, 1.807) is 38.1 Å². The van der Waals surface area contributed by atoms with Gasteiger partial charge in [0.25, 0.3) is 5.97 Å². The van der Waals surface area contributed by atoms with E-state index in [1.807, 2.05) is 26.8 Å². The fraction of sp³-hybridized carbons (Fsp3) is 0.714. The Balaban J connectivity index is 1.47. The van der Waals surface area contributed by atoms with E-state index < -0.39 is 84.8 Å². The van der Waals surface area contributed by atoms with E-state index >= 15 is 4.79 Å². The van der Waals surface area contributed by atoms with E-state index in [4.69, 9.17) is 28.1 Å². The Morgan fingerprint density at radius 1 is 1.02 bits per heavy atom. The number of benzene rings is 1.